The molecule has 2 amide bonds. The van der Waals surface area contributed by atoms with Gasteiger partial charge in [-0.2, -0.15) is 18.3 Å². The number of amides is 2. The smallest absolute Gasteiger partial charge is 0.366 e. The van der Waals surface area contributed by atoms with Crippen LogP contribution in [0.3, 0.4) is 0 Å². The number of carbonyl (C=O) groups excluding carboxylic acids is 2. The summed E-state index contributed by atoms with van der Waals surface area (Å²) in [5.41, 5.74) is 2.61. The van der Waals surface area contributed by atoms with Crippen LogP contribution in [0.5, 0.6) is 0 Å². The van der Waals surface area contributed by atoms with Crippen molar-refractivity contribution in [3.05, 3.63) is 106 Å². The molecule has 0 aliphatic heterocycles. The second-order valence-electron chi connectivity index (χ2n) is 10.4. The molecule has 2 atom stereocenters. The molecular formula is C31H27F8N5O2. The van der Waals surface area contributed by atoms with Crippen molar-refractivity contribution in [1.82, 2.24) is 20.1 Å². The molecule has 0 aliphatic rings. The van der Waals surface area contributed by atoms with Crippen molar-refractivity contribution in [3.8, 4) is 11.1 Å². The number of nitrogens with zero attached hydrogens (tertiary/aromatic N) is 3. The SMILES string of the molecule is CCCC[C@H](C(=O)N[C@@H](Cc1cc(F)cc(F)c1)c1ncccc1-c1ccc(F)c(C(N)=O)c1)n1nc(C(F)(F)F)cc1C(F)F. The first-order chi connectivity index (χ1) is 21.7. The summed E-state index contributed by atoms with van der Waals surface area (Å²) in [6.07, 6.45) is -7.00. The zero-order valence-corrected chi connectivity index (χ0v) is 24.1. The fourth-order valence-corrected chi connectivity index (χ4v) is 4.99. The quantitative estimate of drug-likeness (QED) is 0.157. The molecule has 7 nitrogen and oxygen atoms in total. The van der Waals surface area contributed by atoms with Crippen LogP contribution in [-0.4, -0.2) is 26.6 Å². The second kappa shape index (κ2) is 14.1. The van der Waals surface area contributed by atoms with E-state index >= 15 is 0 Å². The van der Waals surface area contributed by atoms with Gasteiger partial charge in [-0.1, -0.05) is 31.9 Å². The first-order valence-electron chi connectivity index (χ1n) is 13.9. The Morgan fingerprint density at radius 3 is 2.30 bits per heavy atom. The third-order valence-electron chi connectivity index (χ3n) is 7.10. The zero-order valence-electron chi connectivity index (χ0n) is 24.1. The lowest BCUT2D eigenvalue weighted by atomic mass is 9.94. The third kappa shape index (κ3) is 7.87. The Morgan fingerprint density at radius 2 is 1.70 bits per heavy atom. The predicted molar refractivity (Wildman–Crippen MR) is 150 cm³/mol. The monoisotopic (exact) mass is 653 g/mol. The first kappa shape index (κ1) is 34.1. The predicted octanol–water partition coefficient (Wildman–Crippen LogP) is 7.25. The third-order valence-corrected chi connectivity index (χ3v) is 7.10. The maximum Gasteiger partial charge on any atom is 0.435 e. The van der Waals surface area contributed by atoms with E-state index in [9.17, 15) is 44.7 Å². The van der Waals surface area contributed by atoms with Gasteiger partial charge >= 0.3 is 6.18 Å². The molecule has 0 saturated heterocycles. The summed E-state index contributed by atoms with van der Waals surface area (Å²) >= 11 is 0. The molecule has 15 heteroatoms. The Balaban J connectivity index is 1.84. The Labute approximate surface area is 257 Å². The average Bonchev–Trinajstić information content (AvgIpc) is 3.43. The van der Waals surface area contributed by atoms with Crippen LogP contribution in [0.25, 0.3) is 11.1 Å². The number of pyridine rings is 1. The van der Waals surface area contributed by atoms with Crippen molar-refractivity contribution in [2.24, 2.45) is 5.73 Å². The number of hydrogen-bond donors (Lipinski definition) is 2. The Morgan fingerprint density at radius 1 is 1.00 bits per heavy atom. The van der Waals surface area contributed by atoms with Gasteiger partial charge in [-0.3, -0.25) is 19.3 Å². The number of alkyl halides is 5. The zero-order chi connectivity index (χ0) is 33.8. The van der Waals surface area contributed by atoms with Gasteiger partial charge in [-0.15, -0.1) is 0 Å². The van der Waals surface area contributed by atoms with Crippen molar-refractivity contribution in [3.63, 3.8) is 0 Å². The number of primary amides is 1. The molecule has 2 heterocycles. The van der Waals surface area contributed by atoms with E-state index < -0.39 is 70.9 Å². The van der Waals surface area contributed by atoms with Crippen molar-refractivity contribution in [2.75, 3.05) is 0 Å². The van der Waals surface area contributed by atoms with Gasteiger partial charge in [0.2, 0.25) is 5.91 Å². The van der Waals surface area contributed by atoms with Crippen LogP contribution in [0, 0.1) is 17.5 Å². The standard InChI is InChI=1S/C31H27F8N5O2/c1-2-3-6-24(44-25(28(35)36)15-26(43-44)31(37,38)39)30(46)42-23(12-16-10-18(32)14-19(33)11-16)27-20(5-4-9-41-27)17-7-8-22(34)21(13-17)29(40)45/h4-5,7-11,13-15,23-24,28H,2-3,6,12H2,1H3,(H2,40,45)(H,42,46)/t23-,24+/m0/s1. The molecule has 0 spiro atoms. The molecule has 4 rings (SSSR count). The number of hydrogen-bond acceptors (Lipinski definition) is 4. The van der Waals surface area contributed by atoms with Gasteiger partial charge in [0.1, 0.15) is 29.2 Å². The summed E-state index contributed by atoms with van der Waals surface area (Å²) in [6, 6.07) is 6.24. The van der Waals surface area contributed by atoms with Gasteiger partial charge < -0.3 is 11.1 Å². The van der Waals surface area contributed by atoms with Crippen LogP contribution in [-0.2, 0) is 17.4 Å². The van der Waals surface area contributed by atoms with Gasteiger partial charge in [-0.05, 0) is 60.4 Å². The molecule has 0 fully saturated rings. The van der Waals surface area contributed by atoms with Gasteiger partial charge in [-0.25, -0.2) is 22.0 Å². The fraction of sp³-hybridized carbons (Fsp3) is 0.290. The molecular weight excluding hydrogens is 626 g/mol. The fourth-order valence-electron chi connectivity index (χ4n) is 4.99. The molecule has 0 unspecified atom stereocenters. The van der Waals surface area contributed by atoms with E-state index in [0.29, 0.717) is 17.2 Å². The maximum atomic E-state index is 14.3. The first-order valence-corrected chi connectivity index (χ1v) is 13.9. The second-order valence-corrected chi connectivity index (χ2v) is 10.4. The number of benzene rings is 2. The minimum atomic E-state index is -5.08. The number of nitrogens with two attached hydrogens (primary N) is 1. The van der Waals surface area contributed by atoms with E-state index in [4.69, 9.17) is 5.73 Å². The van der Waals surface area contributed by atoms with Crippen LogP contribution < -0.4 is 11.1 Å². The van der Waals surface area contributed by atoms with E-state index in [2.05, 4.69) is 15.4 Å². The number of halogens is 8. The molecule has 4 aromatic rings. The van der Waals surface area contributed by atoms with Crippen LogP contribution >= 0.6 is 0 Å². The number of rotatable bonds is 12. The average molecular weight is 654 g/mol. The summed E-state index contributed by atoms with van der Waals surface area (Å²) in [5.74, 6) is -4.89. The largest absolute Gasteiger partial charge is 0.435 e. The molecule has 46 heavy (non-hydrogen) atoms. The van der Waals surface area contributed by atoms with Crippen LogP contribution in [0.1, 0.15) is 77.7 Å². The van der Waals surface area contributed by atoms with Gasteiger partial charge in [0, 0.05) is 17.8 Å². The Hall–Kier alpha value is -4.82. The highest BCUT2D eigenvalue weighted by Crippen LogP contribution is 2.35. The molecule has 0 saturated carbocycles. The molecule has 3 N–H and O–H groups in total. The van der Waals surface area contributed by atoms with E-state index in [1.165, 1.54) is 24.4 Å². The highest BCUT2D eigenvalue weighted by atomic mass is 19.4. The van der Waals surface area contributed by atoms with Gasteiger partial charge in [0.25, 0.3) is 12.3 Å². The van der Waals surface area contributed by atoms with Gasteiger partial charge in [0.05, 0.1) is 17.3 Å². The van der Waals surface area contributed by atoms with E-state index in [0.717, 1.165) is 24.3 Å². The van der Waals surface area contributed by atoms with Crippen LogP contribution in [0.4, 0.5) is 35.1 Å². The summed E-state index contributed by atoms with van der Waals surface area (Å²) in [7, 11) is 0. The lowest BCUT2D eigenvalue weighted by Crippen LogP contribution is -2.38. The molecule has 2 aromatic carbocycles. The van der Waals surface area contributed by atoms with Crippen LogP contribution in [0.2, 0.25) is 0 Å². The number of carbonyl (C=O) groups is 2. The summed E-state index contributed by atoms with van der Waals surface area (Å²) < 4.78 is 111. The Bertz CT molecular complexity index is 1700. The molecule has 2 aromatic heterocycles. The lowest BCUT2D eigenvalue weighted by molar-refractivity contribution is -0.142. The normalized spacial score (nSPS) is 13.1. The van der Waals surface area contributed by atoms with Gasteiger partial charge in [0.15, 0.2) is 5.69 Å². The maximum absolute atomic E-state index is 14.3. The summed E-state index contributed by atoms with van der Waals surface area (Å²) in [6.45, 7) is 1.72. The molecule has 244 valence electrons. The number of nitrogens with one attached hydrogen (secondary N) is 1. The molecule has 0 aliphatic carbocycles. The highest BCUT2D eigenvalue weighted by Gasteiger charge is 2.38. The number of aromatic nitrogens is 3. The van der Waals surface area contributed by atoms with E-state index in [1.54, 1.807) is 6.92 Å². The van der Waals surface area contributed by atoms with E-state index in [-0.39, 0.29) is 47.7 Å². The minimum absolute atomic E-state index is 0.0353. The summed E-state index contributed by atoms with van der Waals surface area (Å²) in [4.78, 5) is 30.0. The lowest BCUT2D eigenvalue weighted by Gasteiger charge is -2.25. The number of unbranched alkanes of at least 4 members (excludes halogenated alkanes) is 1. The van der Waals surface area contributed by atoms with Crippen LogP contribution in [0.15, 0.2) is 60.8 Å². The highest BCUT2D eigenvalue weighted by molar-refractivity contribution is 5.94. The van der Waals surface area contributed by atoms with E-state index in [1.807, 2.05) is 0 Å². The van der Waals surface area contributed by atoms with Crippen molar-refractivity contribution >= 4 is 11.8 Å². The van der Waals surface area contributed by atoms with Crippen molar-refractivity contribution in [2.45, 2.75) is 57.3 Å². The Kier molecular flexibility index (Phi) is 10.4. The molecule has 0 radical (unpaired) electrons. The summed E-state index contributed by atoms with van der Waals surface area (Å²) in [5, 5.41) is 5.92. The topological polar surface area (TPSA) is 103 Å². The molecule has 0 bridgehead atoms. The minimum Gasteiger partial charge on any atom is -0.366 e. The van der Waals surface area contributed by atoms with Crippen molar-refractivity contribution < 1.29 is 44.7 Å². The van der Waals surface area contributed by atoms with Crippen molar-refractivity contribution in [1.29, 1.82) is 0 Å².